The molecule has 10 nitrogen and oxygen atoms in total. The first-order valence-electron chi connectivity index (χ1n) is 13.3. The molecule has 11 heteroatoms. The summed E-state index contributed by atoms with van der Waals surface area (Å²) in [7, 11) is -0.747. The minimum Gasteiger partial charge on any atom is -0.493 e. The molecule has 1 saturated heterocycles. The SMILES string of the molecule is COc1ccc(CCN(Cc2ccco2)C(=O)CN(CCN2CCOCC2)S(=O)(=O)c2ccccc2)cc1OC. The summed E-state index contributed by atoms with van der Waals surface area (Å²) >= 11 is 0. The summed E-state index contributed by atoms with van der Waals surface area (Å²) in [6.07, 6.45) is 2.09. The average Bonchev–Trinajstić information content (AvgIpc) is 3.51. The van der Waals surface area contributed by atoms with Gasteiger partial charge in [0.1, 0.15) is 5.76 Å². The van der Waals surface area contributed by atoms with Crippen LogP contribution in [0.3, 0.4) is 0 Å². The van der Waals surface area contributed by atoms with Crippen LogP contribution in [-0.4, -0.2) is 95.1 Å². The van der Waals surface area contributed by atoms with Crippen molar-refractivity contribution < 1.29 is 31.8 Å². The zero-order valence-electron chi connectivity index (χ0n) is 23.0. The van der Waals surface area contributed by atoms with E-state index in [0.29, 0.717) is 50.0 Å². The Bertz CT molecular complexity index is 1310. The number of hydrogen-bond donors (Lipinski definition) is 0. The Kier molecular flexibility index (Phi) is 10.6. The van der Waals surface area contributed by atoms with E-state index in [1.54, 1.807) is 67.8 Å². The third-order valence-electron chi connectivity index (χ3n) is 6.86. The molecule has 1 aromatic heterocycles. The first-order chi connectivity index (χ1) is 19.4. The minimum absolute atomic E-state index is 0.160. The molecular weight excluding hydrogens is 534 g/mol. The van der Waals surface area contributed by atoms with Gasteiger partial charge >= 0.3 is 0 Å². The van der Waals surface area contributed by atoms with Crippen LogP contribution in [-0.2, 0) is 32.5 Å². The van der Waals surface area contributed by atoms with Gasteiger partial charge in [-0.3, -0.25) is 9.69 Å². The fourth-order valence-corrected chi connectivity index (χ4v) is 5.94. The van der Waals surface area contributed by atoms with Gasteiger partial charge in [0.15, 0.2) is 11.5 Å². The number of hydrogen-bond acceptors (Lipinski definition) is 8. The molecule has 0 radical (unpaired) electrons. The van der Waals surface area contributed by atoms with E-state index in [1.165, 1.54) is 4.31 Å². The summed E-state index contributed by atoms with van der Waals surface area (Å²) in [4.78, 5) is 17.7. The fourth-order valence-electron chi connectivity index (χ4n) is 4.54. The van der Waals surface area contributed by atoms with Gasteiger partial charge in [-0.15, -0.1) is 0 Å². The molecule has 1 aliphatic rings. The number of ether oxygens (including phenoxy) is 3. The molecule has 0 atom stereocenters. The number of rotatable bonds is 14. The molecule has 0 bridgehead atoms. The number of methoxy groups -OCH3 is 2. The van der Waals surface area contributed by atoms with Crippen LogP contribution in [0.4, 0.5) is 0 Å². The Labute approximate surface area is 236 Å². The van der Waals surface area contributed by atoms with Gasteiger partial charge in [-0.25, -0.2) is 8.42 Å². The number of furan rings is 1. The fraction of sp³-hybridized carbons (Fsp3) is 0.414. The number of nitrogens with zero attached hydrogens (tertiary/aromatic N) is 3. The van der Waals surface area contributed by atoms with Crippen molar-refractivity contribution in [1.29, 1.82) is 0 Å². The highest BCUT2D eigenvalue weighted by molar-refractivity contribution is 7.89. The Morgan fingerprint density at radius 3 is 2.38 bits per heavy atom. The Morgan fingerprint density at radius 2 is 1.70 bits per heavy atom. The second-order valence-corrected chi connectivity index (χ2v) is 11.4. The first-order valence-corrected chi connectivity index (χ1v) is 14.7. The third-order valence-corrected chi connectivity index (χ3v) is 8.72. The monoisotopic (exact) mass is 571 g/mol. The summed E-state index contributed by atoms with van der Waals surface area (Å²) in [5.74, 6) is 1.54. The number of carbonyl (C=O) groups excluding carboxylic acids is 1. The lowest BCUT2D eigenvalue weighted by Gasteiger charge is -2.31. The molecule has 0 saturated carbocycles. The van der Waals surface area contributed by atoms with Gasteiger partial charge in [0.25, 0.3) is 0 Å². The predicted octanol–water partition coefficient (Wildman–Crippen LogP) is 2.89. The second kappa shape index (κ2) is 14.3. The normalized spacial score (nSPS) is 14.3. The van der Waals surface area contributed by atoms with E-state index in [1.807, 2.05) is 18.2 Å². The van der Waals surface area contributed by atoms with Crippen molar-refractivity contribution in [2.24, 2.45) is 0 Å². The summed E-state index contributed by atoms with van der Waals surface area (Å²) in [6.45, 7) is 3.66. The number of sulfonamides is 1. The molecule has 0 unspecified atom stereocenters. The highest BCUT2D eigenvalue weighted by Gasteiger charge is 2.29. The van der Waals surface area contributed by atoms with Crippen LogP contribution in [0.25, 0.3) is 0 Å². The summed E-state index contributed by atoms with van der Waals surface area (Å²) < 4.78 is 50.3. The lowest BCUT2D eigenvalue weighted by atomic mass is 10.1. The van der Waals surface area contributed by atoms with E-state index in [2.05, 4.69) is 4.90 Å². The molecule has 2 heterocycles. The largest absolute Gasteiger partial charge is 0.493 e. The van der Waals surface area contributed by atoms with Crippen molar-refractivity contribution in [3.8, 4) is 11.5 Å². The van der Waals surface area contributed by atoms with Gasteiger partial charge < -0.3 is 23.5 Å². The Balaban J connectivity index is 1.53. The molecule has 1 aliphatic heterocycles. The molecule has 1 fully saturated rings. The van der Waals surface area contributed by atoms with Crippen LogP contribution in [0.5, 0.6) is 11.5 Å². The molecule has 3 aromatic rings. The molecule has 1 amide bonds. The Morgan fingerprint density at radius 1 is 0.950 bits per heavy atom. The quantitative estimate of drug-likeness (QED) is 0.291. The van der Waals surface area contributed by atoms with Gasteiger partial charge in [-0.2, -0.15) is 4.31 Å². The van der Waals surface area contributed by atoms with E-state index < -0.39 is 10.0 Å². The molecular formula is C29H37N3O7S. The topological polar surface area (TPSA) is 102 Å². The van der Waals surface area contributed by atoms with E-state index >= 15 is 0 Å². The van der Waals surface area contributed by atoms with Gasteiger partial charge in [-0.05, 0) is 48.4 Å². The second-order valence-electron chi connectivity index (χ2n) is 9.44. The molecule has 40 heavy (non-hydrogen) atoms. The number of amides is 1. The van der Waals surface area contributed by atoms with E-state index in [9.17, 15) is 13.2 Å². The molecule has 0 N–H and O–H groups in total. The number of benzene rings is 2. The van der Waals surface area contributed by atoms with Crippen molar-refractivity contribution in [3.63, 3.8) is 0 Å². The van der Waals surface area contributed by atoms with Gasteiger partial charge in [0.2, 0.25) is 15.9 Å². The van der Waals surface area contributed by atoms with Crippen molar-refractivity contribution in [3.05, 3.63) is 78.3 Å². The highest BCUT2D eigenvalue weighted by Crippen LogP contribution is 2.28. The average molecular weight is 572 g/mol. The van der Waals surface area contributed by atoms with Crippen molar-refractivity contribution in [2.45, 2.75) is 17.9 Å². The summed E-state index contributed by atoms with van der Waals surface area (Å²) in [5, 5.41) is 0. The van der Waals surface area contributed by atoms with E-state index in [0.717, 1.165) is 18.7 Å². The van der Waals surface area contributed by atoms with Gasteiger partial charge in [0, 0.05) is 32.7 Å². The van der Waals surface area contributed by atoms with Crippen molar-refractivity contribution in [2.75, 3.05) is 66.7 Å². The van der Waals surface area contributed by atoms with Crippen LogP contribution in [0.1, 0.15) is 11.3 Å². The van der Waals surface area contributed by atoms with Crippen LogP contribution in [0.2, 0.25) is 0 Å². The molecule has 4 rings (SSSR count). The molecule has 0 spiro atoms. The van der Waals surface area contributed by atoms with E-state index in [-0.39, 0.29) is 30.4 Å². The van der Waals surface area contributed by atoms with Crippen LogP contribution in [0, 0.1) is 0 Å². The van der Waals surface area contributed by atoms with Gasteiger partial charge in [-0.1, -0.05) is 24.3 Å². The smallest absolute Gasteiger partial charge is 0.243 e. The van der Waals surface area contributed by atoms with Crippen LogP contribution < -0.4 is 9.47 Å². The molecule has 2 aromatic carbocycles. The summed E-state index contributed by atoms with van der Waals surface area (Å²) in [5.41, 5.74) is 0.955. The van der Waals surface area contributed by atoms with Crippen molar-refractivity contribution >= 4 is 15.9 Å². The number of carbonyl (C=O) groups is 1. The first kappa shape index (κ1) is 29.6. The maximum absolute atomic E-state index is 13.8. The van der Waals surface area contributed by atoms with Crippen LogP contribution >= 0.6 is 0 Å². The molecule has 0 aliphatic carbocycles. The lowest BCUT2D eigenvalue weighted by molar-refractivity contribution is -0.132. The maximum Gasteiger partial charge on any atom is 0.243 e. The zero-order valence-corrected chi connectivity index (χ0v) is 23.8. The van der Waals surface area contributed by atoms with Crippen molar-refractivity contribution in [1.82, 2.24) is 14.1 Å². The van der Waals surface area contributed by atoms with E-state index in [4.69, 9.17) is 18.6 Å². The predicted molar refractivity (Wildman–Crippen MR) is 150 cm³/mol. The molecule has 216 valence electrons. The summed E-state index contributed by atoms with van der Waals surface area (Å²) in [6, 6.07) is 17.4. The third kappa shape index (κ3) is 7.85. The Hall–Kier alpha value is -3.38. The zero-order chi connectivity index (χ0) is 28.4. The lowest BCUT2D eigenvalue weighted by Crippen LogP contribution is -2.47. The maximum atomic E-state index is 13.8. The van der Waals surface area contributed by atoms with Crippen LogP contribution in [0.15, 0.2) is 76.2 Å². The van der Waals surface area contributed by atoms with Gasteiger partial charge in [0.05, 0.1) is 51.7 Å². The minimum atomic E-state index is -3.90. The number of morpholine rings is 1. The standard InChI is InChI=1S/C29H37N3O7S/c1-36-27-11-10-24(21-28(27)37-2)12-13-31(22-25-7-6-18-39-25)29(33)23-32(15-14-30-16-19-38-20-17-30)40(34,35)26-8-4-3-5-9-26/h3-11,18,21H,12-17,19-20,22-23H2,1-2H3. The highest BCUT2D eigenvalue weighted by atomic mass is 32.2.